The van der Waals surface area contributed by atoms with E-state index in [1.807, 2.05) is 40.6 Å². The highest BCUT2D eigenvalue weighted by Gasteiger charge is 2.34. The van der Waals surface area contributed by atoms with Gasteiger partial charge in [-0.3, -0.25) is 4.79 Å². The van der Waals surface area contributed by atoms with Crippen LogP contribution in [0.3, 0.4) is 0 Å². The highest BCUT2D eigenvalue weighted by atomic mass is 32.1. The number of nitrogens with zero attached hydrogens (tertiary/aromatic N) is 2. The van der Waals surface area contributed by atoms with E-state index in [0.717, 1.165) is 36.1 Å². The summed E-state index contributed by atoms with van der Waals surface area (Å²) in [6, 6.07) is 9.90. The van der Waals surface area contributed by atoms with Gasteiger partial charge in [0.25, 0.3) is 0 Å². The second kappa shape index (κ2) is 12.5. The third-order valence-electron chi connectivity index (χ3n) is 5.76. The number of thiophene rings is 1. The predicted octanol–water partition coefficient (Wildman–Crippen LogP) is 4.31. The molecule has 0 saturated heterocycles. The number of unbranched alkanes of at least 4 members (excludes halogenated alkanes) is 1. The van der Waals surface area contributed by atoms with Crippen LogP contribution >= 0.6 is 11.3 Å². The first-order valence-electron chi connectivity index (χ1n) is 11.6. The Morgan fingerprint density at radius 1 is 1.15 bits per heavy atom. The zero-order chi connectivity index (χ0) is 23.6. The van der Waals surface area contributed by atoms with Crippen molar-refractivity contribution in [3.05, 3.63) is 46.2 Å². The molecule has 0 aliphatic heterocycles. The molecule has 8 heteroatoms. The molecule has 1 heterocycles. The van der Waals surface area contributed by atoms with E-state index in [0.29, 0.717) is 37.6 Å². The summed E-state index contributed by atoms with van der Waals surface area (Å²) >= 11 is 1.64. The Kier molecular flexibility index (Phi) is 9.42. The SMILES string of the molecule is CCCCNC(=O)N(CC(=O)N(CCc1ccc(OC)c(OC)c1)Cc1cccs1)C1CC1. The summed E-state index contributed by atoms with van der Waals surface area (Å²) in [7, 11) is 3.23. The zero-order valence-corrected chi connectivity index (χ0v) is 20.7. The number of rotatable bonds is 13. The monoisotopic (exact) mass is 473 g/mol. The minimum absolute atomic E-state index is 0.0265. The van der Waals surface area contributed by atoms with E-state index < -0.39 is 0 Å². The molecule has 2 aromatic rings. The van der Waals surface area contributed by atoms with Gasteiger partial charge in [-0.05, 0) is 54.8 Å². The molecule has 1 aliphatic rings. The standard InChI is InChI=1S/C25H35N3O4S/c1-4-5-13-26-25(30)28(20-9-10-20)18-24(29)27(17-21-7-6-15-33-21)14-12-19-8-11-22(31-2)23(16-19)32-3/h6-8,11,15-16,20H,4-5,9-10,12-14,17-18H2,1-3H3,(H,26,30). The van der Waals surface area contributed by atoms with Gasteiger partial charge in [0.05, 0.1) is 20.8 Å². The third kappa shape index (κ3) is 7.39. The molecule has 0 unspecified atom stereocenters. The first-order valence-corrected chi connectivity index (χ1v) is 12.5. The van der Waals surface area contributed by atoms with Crippen LogP contribution in [0.15, 0.2) is 35.7 Å². The van der Waals surface area contributed by atoms with Gasteiger partial charge in [0.2, 0.25) is 5.91 Å². The van der Waals surface area contributed by atoms with E-state index in [4.69, 9.17) is 9.47 Å². The van der Waals surface area contributed by atoms with Crippen molar-refractivity contribution in [3.63, 3.8) is 0 Å². The second-order valence-corrected chi connectivity index (χ2v) is 9.31. The van der Waals surface area contributed by atoms with Gasteiger partial charge in [0.15, 0.2) is 11.5 Å². The number of nitrogens with one attached hydrogen (secondary N) is 1. The van der Waals surface area contributed by atoms with Gasteiger partial charge >= 0.3 is 6.03 Å². The Labute approximate surface area is 200 Å². The number of amides is 3. The molecule has 1 fully saturated rings. The lowest BCUT2D eigenvalue weighted by Gasteiger charge is -2.28. The summed E-state index contributed by atoms with van der Waals surface area (Å²) in [5, 5.41) is 4.99. The number of benzene rings is 1. The van der Waals surface area contributed by atoms with Crippen LogP contribution in [0, 0.1) is 0 Å². The molecule has 7 nitrogen and oxygen atoms in total. The molecule has 1 aromatic carbocycles. The molecular weight excluding hydrogens is 438 g/mol. The van der Waals surface area contributed by atoms with E-state index in [9.17, 15) is 9.59 Å². The summed E-state index contributed by atoms with van der Waals surface area (Å²) in [5.41, 5.74) is 1.06. The first-order chi connectivity index (χ1) is 16.0. The van der Waals surface area contributed by atoms with E-state index in [-0.39, 0.29) is 24.5 Å². The van der Waals surface area contributed by atoms with Crippen molar-refractivity contribution in [1.82, 2.24) is 15.1 Å². The Balaban J connectivity index is 1.67. The Hall–Kier alpha value is -2.74. The van der Waals surface area contributed by atoms with E-state index >= 15 is 0 Å². The number of carbonyl (C=O) groups excluding carboxylic acids is 2. The van der Waals surface area contributed by atoms with Gasteiger partial charge in [-0.25, -0.2) is 4.79 Å². The quantitative estimate of drug-likeness (QED) is 0.440. The Morgan fingerprint density at radius 2 is 1.94 bits per heavy atom. The number of methoxy groups -OCH3 is 2. The minimum Gasteiger partial charge on any atom is -0.493 e. The van der Waals surface area contributed by atoms with Gasteiger partial charge in [-0.2, -0.15) is 0 Å². The summed E-state index contributed by atoms with van der Waals surface area (Å²) in [5.74, 6) is 1.33. The van der Waals surface area contributed by atoms with Crippen LogP contribution in [0.2, 0.25) is 0 Å². The van der Waals surface area contributed by atoms with Crippen molar-refractivity contribution in [2.24, 2.45) is 0 Å². The average Bonchev–Trinajstić information content (AvgIpc) is 3.54. The normalized spacial score (nSPS) is 12.8. The predicted molar refractivity (Wildman–Crippen MR) is 131 cm³/mol. The van der Waals surface area contributed by atoms with E-state index in [2.05, 4.69) is 12.2 Å². The summed E-state index contributed by atoms with van der Waals surface area (Å²) in [6.45, 7) is 3.95. The van der Waals surface area contributed by atoms with Crippen molar-refractivity contribution in [2.75, 3.05) is 33.9 Å². The molecule has 1 aliphatic carbocycles. The molecule has 33 heavy (non-hydrogen) atoms. The Bertz CT molecular complexity index is 899. The molecule has 1 aromatic heterocycles. The van der Waals surface area contributed by atoms with Crippen LogP contribution in [-0.4, -0.2) is 61.6 Å². The number of ether oxygens (including phenoxy) is 2. The second-order valence-electron chi connectivity index (χ2n) is 8.28. The minimum atomic E-state index is -0.129. The lowest BCUT2D eigenvalue weighted by atomic mass is 10.1. The van der Waals surface area contributed by atoms with Gasteiger partial charge < -0.3 is 24.6 Å². The third-order valence-corrected chi connectivity index (χ3v) is 6.62. The van der Waals surface area contributed by atoms with Crippen molar-refractivity contribution in [2.45, 2.75) is 51.6 Å². The zero-order valence-electron chi connectivity index (χ0n) is 19.8. The molecule has 0 atom stereocenters. The molecule has 180 valence electrons. The van der Waals surface area contributed by atoms with Crippen LogP contribution in [-0.2, 0) is 17.8 Å². The van der Waals surface area contributed by atoms with E-state index in [1.165, 1.54) is 0 Å². The number of hydrogen-bond donors (Lipinski definition) is 1. The fourth-order valence-corrected chi connectivity index (χ4v) is 4.37. The lowest BCUT2D eigenvalue weighted by Crippen LogP contribution is -2.48. The number of hydrogen-bond acceptors (Lipinski definition) is 5. The topological polar surface area (TPSA) is 71.1 Å². The van der Waals surface area contributed by atoms with Gasteiger partial charge in [0.1, 0.15) is 6.54 Å². The number of carbonyl (C=O) groups is 2. The smallest absolute Gasteiger partial charge is 0.318 e. The van der Waals surface area contributed by atoms with Crippen molar-refractivity contribution in [1.29, 1.82) is 0 Å². The highest BCUT2D eigenvalue weighted by molar-refractivity contribution is 7.09. The molecule has 0 bridgehead atoms. The maximum atomic E-state index is 13.4. The van der Waals surface area contributed by atoms with Crippen LogP contribution in [0.5, 0.6) is 11.5 Å². The molecule has 0 spiro atoms. The lowest BCUT2D eigenvalue weighted by molar-refractivity contribution is -0.132. The van der Waals surface area contributed by atoms with Gasteiger partial charge in [0, 0.05) is 24.0 Å². The fraction of sp³-hybridized carbons (Fsp3) is 0.520. The van der Waals surface area contributed by atoms with Crippen molar-refractivity contribution >= 4 is 23.3 Å². The first kappa shape index (κ1) is 24.9. The largest absolute Gasteiger partial charge is 0.493 e. The van der Waals surface area contributed by atoms with Crippen LogP contribution in [0.25, 0.3) is 0 Å². The Morgan fingerprint density at radius 3 is 2.58 bits per heavy atom. The van der Waals surface area contributed by atoms with Gasteiger partial charge in [-0.15, -0.1) is 11.3 Å². The maximum Gasteiger partial charge on any atom is 0.318 e. The number of urea groups is 1. The van der Waals surface area contributed by atoms with E-state index in [1.54, 1.807) is 30.5 Å². The van der Waals surface area contributed by atoms with Crippen LogP contribution < -0.4 is 14.8 Å². The van der Waals surface area contributed by atoms with Crippen LogP contribution in [0.1, 0.15) is 43.0 Å². The fourth-order valence-electron chi connectivity index (χ4n) is 3.66. The summed E-state index contributed by atoms with van der Waals surface area (Å²) in [6.07, 6.45) is 4.57. The summed E-state index contributed by atoms with van der Waals surface area (Å²) < 4.78 is 10.7. The van der Waals surface area contributed by atoms with Gasteiger partial charge in [-0.1, -0.05) is 25.5 Å². The molecular formula is C25H35N3O4S. The molecule has 3 amide bonds. The average molecular weight is 474 g/mol. The highest BCUT2D eigenvalue weighted by Crippen LogP contribution is 2.29. The van der Waals surface area contributed by atoms with Crippen molar-refractivity contribution < 1.29 is 19.1 Å². The summed E-state index contributed by atoms with van der Waals surface area (Å²) in [4.78, 5) is 30.8. The van der Waals surface area contributed by atoms with Crippen LogP contribution in [0.4, 0.5) is 4.79 Å². The molecule has 3 rings (SSSR count). The maximum absolute atomic E-state index is 13.4. The molecule has 1 saturated carbocycles. The molecule has 0 radical (unpaired) electrons. The molecule has 1 N–H and O–H groups in total. The van der Waals surface area contributed by atoms with Crippen molar-refractivity contribution in [3.8, 4) is 11.5 Å².